The predicted molar refractivity (Wildman–Crippen MR) is 53.2 cm³/mol. The van der Waals surface area contributed by atoms with Gasteiger partial charge in [-0.3, -0.25) is 0 Å². The van der Waals surface area contributed by atoms with Crippen molar-refractivity contribution >= 4 is 6.16 Å². The number of hydrogen-bond acceptors (Lipinski definition) is 8. The SMILES string of the molecule is COC(=O)O.OCC(O)C(O)C(O)C(O)CO.[Fe]. The molecule has 112 valence electrons. The molecule has 0 amide bonds. The Morgan fingerprint density at radius 1 is 1.00 bits per heavy atom. The minimum absolute atomic E-state index is 0. The summed E-state index contributed by atoms with van der Waals surface area (Å²) in [4.78, 5) is 9.15. The number of rotatable bonds is 5. The van der Waals surface area contributed by atoms with Crippen LogP contribution in [0.25, 0.3) is 0 Å². The van der Waals surface area contributed by atoms with Crippen LogP contribution in [-0.4, -0.2) is 86.6 Å². The number of aliphatic hydroxyl groups is 6. The van der Waals surface area contributed by atoms with Gasteiger partial charge in [-0.05, 0) is 0 Å². The van der Waals surface area contributed by atoms with Crippen LogP contribution in [0.4, 0.5) is 4.79 Å². The Labute approximate surface area is 114 Å². The summed E-state index contributed by atoms with van der Waals surface area (Å²) in [7, 11) is 1.10. The molecule has 0 aromatic rings. The van der Waals surface area contributed by atoms with E-state index in [-0.39, 0.29) is 17.1 Å². The summed E-state index contributed by atoms with van der Waals surface area (Å²) in [6.07, 6.45) is -7.64. The zero-order valence-corrected chi connectivity index (χ0v) is 10.6. The number of hydrogen-bond donors (Lipinski definition) is 7. The molecule has 0 aromatic carbocycles. The van der Waals surface area contributed by atoms with Gasteiger partial charge in [0.05, 0.1) is 20.3 Å². The van der Waals surface area contributed by atoms with Crippen LogP contribution in [0.2, 0.25) is 0 Å². The van der Waals surface area contributed by atoms with Gasteiger partial charge in [0.2, 0.25) is 0 Å². The van der Waals surface area contributed by atoms with Gasteiger partial charge in [0.25, 0.3) is 0 Å². The van der Waals surface area contributed by atoms with E-state index >= 15 is 0 Å². The smallest absolute Gasteiger partial charge is 0.450 e. The molecule has 0 fully saturated rings. The number of ether oxygens (including phenoxy) is 1. The van der Waals surface area contributed by atoms with Gasteiger partial charge in [-0.2, -0.15) is 0 Å². The third kappa shape index (κ3) is 10.7. The summed E-state index contributed by atoms with van der Waals surface area (Å²) in [5.74, 6) is 0. The maximum Gasteiger partial charge on any atom is 0.505 e. The molecule has 9 nitrogen and oxygen atoms in total. The maximum atomic E-state index is 9.15. The second-order valence-corrected chi connectivity index (χ2v) is 2.95. The number of methoxy groups -OCH3 is 1. The first-order chi connectivity index (χ1) is 7.81. The molecule has 0 aliphatic heterocycles. The van der Waals surface area contributed by atoms with Crippen LogP contribution >= 0.6 is 0 Å². The van der Waals surface area contributed by atoms with Crippen LogP contribution in [0.1, 0.15) is 0 Å². The van der Waals surface area contributed by atoms with Crippen molar-refractivity contribution in [2.75, 3.05) is 20.3 Å². The molecule has 4 unspecified atom stereocenters. The molecule has 0 radical (unpaired) electrons. The van der Waals surface area contributed by atoms with Crippen LogP contribution in [0.3, 0.4) is 0 Å². The largest absolute Gasteiger partial charge is 0.505 e. The minimum Gasteiger partial charge on any atom is -0.450 e. The maximum absolute atomic E-state index is 9.15. The summed E-state index contributed by atoms with van der Waals surface area (Å²) < 4.78 is 3.67. The fraction of sp³-hybridized carbons (Fsp3) is 0.875. The van der Waals surface area contributed by atoms with Crippen molar-refractivity contribution in [2.24, 2.45) is 0 Å². The molecule has 10 heteroatoms. The fourth-order valence-corrected chi connectivity index (χ4v) is 0.671. The van der Waals surface area contributed by atoms with E-state index in [1.54, 1.807) is 0 Å². The summed E-state index contributed by atoms with van der Waals surface area (Å²) in [6, 6.07) is 0. The third-order valence-electron chi connectivity index (χ3n) is 1.69. The topological polar surface area (TPSA) is 168 Å². The Morgan fingerprint density at radius 3 is 1.33 bits per heavy atom. The van der Waals surface area contributed by atoms with E-state index in [4.69, 9.17) is 40.5 Å². The first-order valence-electron chi connectivity index (χ1n) is 4.52. The summed E-state index contributed by atoms with van der Waals surface area (Å²) in [5.41, 5.74) is 0. The number of carboxylic acid groups (broad SMARTS) is 1. The summed E-state index contributed by atoms with van der Waals surface area (Å²) in [6.45, 7) is -1.45. The summed E-state index contributed by atoms with van der Waals surface area (Å²) >= 11 is 0. The second-order valence-electron chi connectivity index (χ2n) is 2.95. The molecular formula is C8H18FeO9. The van der Waals surface area contributed by atoms with Crippen molar-refractivity contribution in [3.05, 3.63) is 0 Å². The Hall–Kier alpha value is -0.451. The van der Waals surface area contributed by atoms with Crippen molar-refractivity contribution in [1.82, 2.24) is 0 Å². The molecule has 0 bridgehead atoms. The third-order valence-corrected chi connectivity index (χ3v) is 1.69. The van der Waals surface area contributed by atoms with Gasteiger partial charge in [-0.15, -0.1) is 0 Å². The van der Waals surface area contributed by atoms with Gasteiger partial charge in [0.15, 0.2) is 0 Å². The average molecular weight is 314 g/mol. The normalized spacial score (nSPS) is 16.2. The van der Waals surface area contributed by atoms with Gasteiger partial charge >= 0.3 is 6.16 Å². The van der Waals surface area contributed by atoms with Gasteiger partial charge in [0, 0.05) is 17.1 Å². The van der Waals surface area contributed by atoms with Gasteiger partial charge < -0.3 is 40.5 Å². The molecule has 0 aliphatic carbocycles. The quantitative estimate of drug-likeness (QED) is 0.203. The van der Waals surface area contributed by atoms with Crippen molar-refractivity contribution in [1.29, 1.82) is 0 Å². The molecule has 7 N–H and O–H groups in total. The Bertz CT molecular complexity index is 189. The molecule has 0 spiro atoms. The van der Waals surface area contributed by atoms with E-state index < -0.39 is 43.8 Å². The first kappa shape index (κ1) is 22.7. The Balaban J connectivity index is -0.000000321. The molecule has 0 heterocycles. The molecule has 0 rings (SSSR count). The Morgan fingerprint density at radius 2 is 1.22 bits per heavy atom. The Kier molecular flexibility index (Phi) is 16.4. The van der Waals surface area contributed by atoms with E-state index in [2.05, 4.69) is 4.74 Å². The molecule has 18 heavy (non-hydrogen) atoms. The van der Waals surface area contributed by atoms with E-state index in [1.807, 2.05) is 0 Å². The molecule has 0 saturated carbocycles. The zero-order valence-electron chi connectivity index (χ0n) is 9.52. The standard InChI is InChI=1S/C6H14O6.C2H4O3.Fe/c7-1-3(9)5(11)6(12)4(10)2-8;1-5-2(3)4;/h3-12H,1-2H2;1H3,(H,3,4);. The molecular weight excluding hydrogens is 296 g/mol. The predicted octanol–water partition coefficient (Wildman–Crippen LogP) is -3.28. The summed E-state index contributed by atoms with van der Waals surface area (Å²) in [5, 5.41) is 59.7. The van der Waals surface area contributed by atoms with Crippen LogP contribution in [0.5, 0.6) is 0 Å². The van der Waals surface area contributed by atoms with Gasteiger partial charge in [-0.1, -0.05) is 0 Å². The monoisotopic (exact) mass is 314 g/mol. The number of aliphatic hydroxyl groups excluding tert-OH is 6. The van der Waals surface area contributed by atoms with Crippen molar-refractivity contribution < 1.29 is 62.3 Å². The number of carbonyl (C=O) groups is 1. The first-order valence-corrected chi connectivity index (χ1v) is 4.52. The average Bonchev–Trinajstić information content (AvgIpc) is 2.35. The second kappa shape index (κ2) is 13.0. The molecule has 0 saturated heterocycles. The minimum atomic E-state index is -1.67. The van der Waals surface area contributed by atoms with Crippen LogP contribution in [0, 0.1) is 0 Å². The zero-order chi connectivity index (χ0) is 14.0. The van der Waals surface area contributed by atoms with Crippen molar-refractivity contribution in [2.45, 2.75) is 24.4 Å². The van der Waals surface area contributed by atoms with E-state index in [1.165, 1.54) is 0 Å². The van der Waals surface area contributed by atoms with Crippen molar-refractivity contribution in [3.63, 3.8) is 0 Å². The van der Waals surface area contributed by atoms with Gasteiger partial charge in [0.1, 0.15) is 24.4 Å². The molecule has 0 aliphatic rings. The fourth-order valence-electron chi connectivity index (χ4n) is 0.671. The molecule has 0 aromatic heterocycles. The van der Waals surface area contributed by atoms with Crippen LogP contribution < -0.4 is 0 Å². The van der Waals surface area contributed by atoms with E-state index in [0.29, 0.717) is 0 Å². The van der Waals surface area contributed by atoms with Crippen molar-refractivity contribution in [3.8, 4) is 0 Å². The van der Waals surface area contributed by atoms with E-state index in [0.717, 1.165) is 7.11 Å². The van der Waals surface area contributed by atoms with Crippen LogP contribution in [0.15, 0.2) is 0 Å². The molecule has 4 atom stereocenters. The van der Waals surface area contributed by atoms with E-state index in [9.17, 15) is 0 Å². The van der Waals surface area contributed by atoms with Gasteiger partial charge in [-0.25, -0.2) is 4.79 Å². The van der Waals surface area contributed by atoms with Crippen LogP contribution in [-0.2, 0) is 21.8 Å².